The average molecular weight is 271 g/mol. The van der Waals surface area contributed by atoms with E-state index in [-0.39, 0.29) is 11.2 Å². The lowest BCUT2D eigenvalue weighted by atomic mass is 10.3. The molecule has 0 heterocycles. The number of carbonyl (C=O) groups is 1. The monoisotopic (exact) mass is 270 g/mol. The molecule has 0 saturated heterocycles. The van der Waals surface area contributed by atoms with Gasteiger partial charge in [0, 0.05) is 17.1 Å². The normalized spacial score (nSPS) is 11.9. The molecule has 3 nitrogen and oxygen atoms in total. The average Bonchev–Trinajstić information content (AvgIpc) is 2.29. The Kier molecular flexibility index (Phi) is 5.38. The van der Waals surface area contributed by atoms with Gasteiger partial charge in [-0.15, -0.1) is 18.3 Å². The second-order valence-electron chi connectivity index (χ2n) is 3.48. The number of nitrogen functional groups attached to an aromatic ring is 1. The Hall–Kier alpha value is -1.13. The van der Waals surface area contributed by atoms with E-state index in [2.05, 4.69) is 11.9 Å². The molecular formula is C12H15ClN2OS. The first-order valence-corrected chi connectivity index (χ1v) is 6.40. The van der Waals surface area contributed by atoms with E-state index in [1.54, 1.807) is 18.2 Å². The Morgan fingerprint density at radius 3 is 3.00 bits per heavy atom. The number of anilines is 1. The number of halogens is 1. The summed E-state index contributed by atoms with van der Waals surface area (Å²) in [5, 5.41) is 3.09. The zero-order valence-corrected chi connectivity index (χ0v) is 11.1. The highest BCUT2D eigenvalue weighted by atomic mass is 35.5. The van der Waals surface area contributed by atoms with Crippen molar-refractivity contribution in [1.29, 1.82) is 0 Å². The van der Waals surface area contributed by atoms with Crippen molar-refractivity contribution in [3.63, 3.8) is 0 Å². The van der Waals surface area contributed by atoms with Crippen molar-refractivity contribution >= 4 is 35.0 Å². The zero-order chi connectivity index (χ0) is 12.8. The highest BCUT2D eigenvalue weighted by molar-refractivity contribution is 8.00. The van der Waals surface area contributed by atoms with E-state index in [4.69, 9.17) is 17.3 Å². The number of carbonyl (C=O) groups excluding carboxylic acids is 1. The topological polar surface area (TPSA) is 55.1 Å². The SMILES string of the molecule is C=CCNC(=O)C(C)Sc1ccc(N)cc1Cl. The summed E-state index contributed by atoms with van der Waals surface area (Å²) in [6.07, 6.45) is 1.64. The third-order valence-electron chi connectivity index (χ3n) is 2.05. The van der Waals surface area contributed by atoms with Crippen LogP contribution in [-0.2, 0) is 4.79 Å². The van der Waals surface area contributed by atoms with E-state index >= 15 is 0 Å². The molecule has 1 unspecified atom stereocenters. The standard InChI is InChI=1S/C12H15ClN2OS/c1-3-6-15-12(16)8(2)17-11-5-4-9(14)7-10(11)13/h3-5,7-8H,1,6,14H2,2H3,(H,15,16). The summed E-state index contributed by atoms with van der Waals surface area (Å²) in [6.45, 7) is 5.84. The van der Waals surface area contributed by atoms with Crippen LogP contribution in [0.15, 0.2) is 35.7 Å². The molecule has 92 valence electrons. The van der Waals surface area contributed by atoms with E-state index in [9.17, 15) is 4.79 Å². The molecule has 17 heavy (non-hydrogen) atoms. The molecule has 5 heteroatoms. The van der Waals surface area contributed by atoms with Crippen molar-refractivity contribution < 1.29 is 4.79 Å². The summed E-state index contributed by atoms with van der Waals surface area (Å²) in [5.74, 6) is -0.0391. The summed E-state index contributed by atoms with van der Waals surface area (Å²) in [6, 6.07) is 5.26. The predicted molar refractivity (Wildman–Crippen MR) is 74.4 cm³/mol. The van der Waals surface area contributed by atoms with Crippen LogP contribution in [0, 0.1) is 0 Å². The molecular weight excluding hydrogens is 256 g/mol. The van der Waals surface area contributed by atoms with Crippen molar-refractivity contribution in [1.82, 2.24) is 5.32 Å². The molecule has 0 bridgehead atoms. The van der Waals surface area contributed by atoms with E-state index in [0.29, 0.717) is 17.3 Å². The lowest BCUT2D eigenvalue weighted by molar-refractivity contribution is -0.120. The van der Waals surface area contributed by atoms with Gasteiger partial charge in [-0.3, -0.25) is 4.79 Å². The molecule has 0 saturated carbocycles. The summed E-state index contributed by atoms with van der Waals surface area (Å²) in [5.41, 5.74) is 6.21. The maximum absolute atomic E-state index is 11.6. The Balaban J connectivity index is 2.64. The fourth-order valence-electron chi connectivity index (χ4n) is 1.17. The lowest BCUT2D eigenvalue weighted by Crippen LogP contribution is -2.30. The van der Waals surface area contributed by atoms with Crippen molar-refractivity contribution in [2.24, 2.45) is 0 Å². The molecule has 1 atom stereocenters. The summed E-state index contributed by atoms with van der Waals surface area (Å²) >= 11 is 7.44. The van der Waals surface area contributed by atoms with Gasteiger partial charge >= 0.3 is 0 Å². The number of nitrogens with one attached hydrogen (secondary N) is 1. The molecule has 0 fully saturated rings. The molecule has 1 rings (SSSR count). The van der Waals surface area contributed by atoms with Gasteiger partial charge in [0.25, 0.3) is 0 Å². The number of nitrogens with two attached hydrogens (primary N) is 1. The molecule has 0 aliphatic heterocycles. The highest BCUT2D eigenvalue weighted by Crippen LogP contribution is 2.31. The number of thioether (sulfide) groups is 1. The van der Waals surface area contributed by atoms with Gasteiger partial charge in [0.1, 0.15) is 0 Å². The lowest BCUT2D eigenvalue weighted by Gasteiger charge is -2.12. The van der Waals surface area contributed by atoms with Crippen LogP contribution in [0.5, 0.6) is 0 Å². The molecule has 0 aliphatic rings. The summed E-state index contributed by atoms with van der Waals surface area (Å²) < 4.78 is 0. The van der Waals surface area contributed by atoms with Gasteiger partial charge in [-0.25, -0.2) is 0 Å². The van der Waals surface area contributed by atoms with Gasteiger partial charge < -0.3 is 11.1 Å². The first kappa shape index (κ1) is 13.9. The fourth-order valence-corrected chi connectivity index (χ4v) is 2.39. The Bertz CT molecular complexity index is 423. The molecule has 0 spiro atoms. The van der Waals surface area contributed by atoms with Crippen molar-refractivity contribution in [2.45, 2.75) is 17.1 Å². The van der Waals surface area contributed by atoms with Crippen LogP contribution in [-0.4, -0.2) is 17.7 Å². The second kappa shape index (κ2) is 6.57. The van der Waals surface area contributed by atoms with Crippen LogP contribution in [0.3, 0.4) is 0 Å². The zero-order valence-electron chi connectivity index (χ0n) is 9.57. The molecule has 0 radical (unpaired) electrons. The van der Waals surface area contributed by atoms with Gasteiger partial charge in [0.05, 0.1) is 10.3 Å². The van der Waals surface area contributed by atoms with Gasteiger partial charge in [-0.2, -0.15) is 0 Å². The molecule has 0 aliphatic carbocycles. The summed E-state index contributed by atoms with van der Waals surface area (Å²) in [7, 11) is 0. The number of hydrogen-bond donors (Lipinski definition) is 2. The first-order valence-electron chi connectivity index (χ1n) is 5.15. The van der Waals surface area contributed by atoms with Crippen LogP contribution >= 0.6 is 23.4 Å². The maximum atomic E-state index is 11.6. The third kappa shape index (κ3) is 4.32. The van der Waals surface area contributed by atoms with Crippen LogP contribution < -0.4 is 11.1 Å². The Morgan fingerprint density at radius 2 is 2.41 bits per heavy atom. The quantitative estimate of drug-likeness (QED) is 0.491. The number of benzene rings is 1. The van der Waals surface area contributed by atoms with Crippen LogP contribution in [0.25, 0.3) is 0 Å². The fraction of sp³-hybridized carbons (Fsp3) is 0.250. The van der Waals surface area contributed by atoms with Crippen molar-refractivity contribution in [3.05, 3.63) is 35.9 Å². The molecule has 0 aromatic heterocycles. The minimum atomic E-state index is -0.212. The largest absolute Gasteiger partial charge is 0.399 e. The third-order valence-corrected chi connectivity index (χ3v) is 3.65. The minimum absolute atomic E-state index is 0.0391. The van der Waals surface area contributed by atoms with Gasteiger partial charge in [-0.05, 0) is 25.1 Å². The predicted octanol–water partition coefficient (Wildman–Crippen LogP) is 2.71. The molecule has 1 aromatic carbocycles. The molecule has 3 N–H and O–H groups in total. The van der Waals surface area contributed by atoms with Crippen molar-refractivity contribution in [2.75, 3.05) is 12.3 Å². The Labute approximate surface area is 110 Å². The highest BCUT2D eigenvalue weighted by Gasteiger charge is 2.14. The van der Waals surface area contributed by atoms with Gasteiger partial charge in [0.15, 0.2) is 0 Å². The van der Waals surface area contributed by atoms with E-state index < -0.39 is 0 Å². The number of amides is 1. The smallest absolute Gasteiger partial charge is 0.233 e. The first-order chi connectivity index (χ1) is 8.04. The summed E-state index contributed by atoms with van der Waals surface area (Å²) in [4.78, 5) is 12.5. The number of rotatable bonds is 5. The minimum Gasteiger partial charge on any atom is -0.399 e. The Morgan fingerprint density at radius 1 is 1.71 bits per heavy atom. The van der Waals surface area contributed by atoms with E-state index in [0.717, 1.165) is 4.90 Å². The van der Waals surface area contributed by atoms with Crippen LogP contribution in [0.2, 0.25) is 5.02 Å². The van der Waals surface area contributed by atoms with Crippen molar-refractivity contribution in [3.8, 4) is 0 Å². The molecule has 1 aromatic rings. The van der Waals surface area contributed by atoms with E-state index in [1.165, 1.54) is 11.8 Å². The van der Waals surface area contributed by atoms with E-state index in [1.807, 2.05) is 13.0 Å². The van der Waals surface area contributed by atoms with Gasteiger partial charge in [0.2, 0.25) is 5.91 Å². The van der Waals surface area contributed by atoms with Crippen LogP contribution in [0.4, 0.5) is 5.69 Å². The molecule has 1 amide bonds. The van der Waals surface area contributed by atoms with Crippen LogP contribution in [0.1, 0.15) is 6.92 Å². The number of hydrogen-bond acceptors (Lipinski definition) is 3. The maximum Gasteiger partial charge on any atom is 0.233 e. The second-order valence-corrected chi connectivity index (χ2v) is 5.27. The van der Waals surface area contributed by atoms with Gasteiger partial charge in [-0.1, -0.05) is 17.7 Å².